The summed E-state index contributed by atoms with van der Waals surface area (Å²) in [7, 11) is 0. The highest BCUT2D eigenvalue weighted by Gasteiger charge is 2.23. The van der Waals surface area contributed by atoms with E-state index in [9.17, 15) is 9.59 Å². The van der Waals surface area contributed by atoms with Crippen LogP contribution < -0.4 is 0 Å². The van der Waals surface area contributed by atoms with Gasteiger partial charge < -0.3 is 19.9 Å². The van der Waals surface area contributed by atoms with Crippen molar-refractivity contribution in [1.82, 2.24) is 19.9 Å². The third-order valence-corrected chi connectivity index (χ3v) is 8.56. The Morgan fingerprint density at radius 2 is 0.763 bits per heavy atom. The topological polar surface area (TPSA) is 97.3 Å². The molecule has 4 rings (SSSR count). The molecule has 38 heavy (non-hydrogen) atoms. The van der Waals surface area contributed by atoms with Crippen molar-refractivity contribution < 1.29 is 9.59 Å². The van der Waals surface area contributed by atoms with E-state index in [0.29, 0.717) is 11.4 Å². The Hall–Kier alpha value is -3.54. The van der Waals surface area contributed by atoms with Gasteiger partial charge in [-0.05, 0) is 97.9 Å². The number of hydrogen-bond donors (Lipinski definition) is 4. The van der Waals surface area contributed by atoms with Crippen molar-refractivity contribution in [2.24, 2.45) is 0 Å². The Balaban J connectivity index is 1.78. The Labute approximate surface area is 226 Å². The third-order valence-electron chi connectivity index (χ3n) is 8.56. The van der Waals surface area contributed by atoms with Crippen molar-refractivity contribution in [1.29, 1.82) is 0 Å². The van der Waals surface area contributed by atoms with Crippen LogP contribution in [0.25, 0.3) is 11.4 Å². The standard InChI is InChI=1S/C32H42N4O2/c1-9-21-17(5)29(15-37)33-25(21)13-27-23(11-3)19(7)31(35-27)32-20(8)24(12-4)28(36-32)14-26-22(10-2)18(6)30(16-38)34-26/h15-16,33-36H,9-14H2,1-8H3. The van der Waals surface area contributed by atoms with E-state index in [1.807, 2.05) is 13.8 Å². The molecule has 0 aromatic carbocycles. The number of carbonyl (C=O) groups excluding carboxylic acids is 2. The van der Waals surface area contributed by atoms with Gasteiger partial charge in [-0.3, -0.25) is 9.59 Å². The quantitative estimate of drug-likeness (QED) is 0.163. The summed E-state index contributed by atoms with van der Waals surface area (Å²) in [6, 6.07) is 0. The van der Waals surface area contributed by atoms with E-state index in [-0.39, 0.29) is 0 Å². The van der Waals surface area contributed by atoms with Crippen molar-refractivity contribution in [2.45, 2.75) is 93.9 Å². The third kappa shape index (κ3) is 4.50. The molecule has 4 N–H and O–H groups in total. The zero-order valence-electron chi connectivity index (χ0n) is 24.2. The Bertz CT molecular complexity index is 1380. The molecule has 0 amide bonds. The van der Waals surface area contributed by atoms with Gasteiger partial charge in [0.2, 0.25) is 0 Å². The molecule has 0 atom stereocenters. The number of rotatable bonds is 11. The highest BCUT2D eigenvalue weighted by molar-refractivity contribution is 5.77. The predicted molar refractivity (Wildman–Crippen MR) is 155 cm³/mol. The summed E-state index contributed by atoms with van der Waals surface area (Å²) < 4.78 is 0. The van der Waals surface area contributed by atoms with E-state index in [0.717, 1.165) is 85.0 Å². The summed E-state index contributed by atoms with van der Waals surface area (Å²) in [6.07, 6.45) is 6.98. The molecule has 0 saturated carbocycles. The molecule has 202 valence electrons. The average Bonchev–Trinajstić information content (AvgIpc) is 3.59. The summed E-state index contributed by atoms with van der Waals surface area (Å²) in [5, 5.41) is 0. The zero-order valence-corrected chi connectivity index (χ0v) is 24.2. The van der Waals surface area contributed by atoms with E-state index in [1.165, 1.54) is 44.8 Å². The number of nitrogens with one attached hydrogen (secondary N) is 4. The van der Waals surface area contributed by atoms with E-state index in [4.69, 9.17) is 0 Å². The molecule has 4 aromatic rings. The van der Waals surface area contributed by atoms with Gasteiger partial charge in [0.05, 0.1) is 22.8 Å². The molecule has 0 radical (unpaired) electrons. The lowest BCUT2D eigenvalue weighted by molar-refractivity contribution is 0.111. The first-order valence-electron chi connectivity index (χ1n) is 14.0. The van der Waals surface area contributed by atoms with Gasteiger partial charge in [-0.15, -0.1) is 0 Å². The molecule has 0 unspecified atom stereocenters. The molecular weight excluding hydrogens is 472 g/mol. The van der Waals surface area contributed by atoms with Gasteiger partial charge in [0.25, 0.3) is 0 Å². The minimum atomic E-state index is 0.680. The predicted octanol–water partition coefficient (Wildman–Crippen LogP) is 6.96. The van der Waals surface area contributed by atoms with Crippen LogP contribution in [0.1, 0.15) is 116 Å². The lowest BCUT2D eigenvalue weighted by Gasteiger charge is -2.05. The Morgan fingerprint density at radius 1 is 0.474 bits per heavy atom. The first kappa shape index (κ1) is 27.5. The molecule has 0 aliphatic heterocycles. The number of aromatic nitrogens is 4. The average molecular weight is 515 g/mol. The smallest absolute Gasteiger partial charge is 0.166 e. The molecule has 4 aromatic heterocycles. The van der Waals surface area contributed by atoms with Gasteiger partial charge in [-0.25, -0.2) is 0 Å². The maximum atomic E-state index is 11.6. The number of aldehydes is 2. The fourth-order valence-corrected chi connectivity index (χ4v) is 6.44. The molecule has 0 aliphatic carbocycles. The van der Waals surface area contributed by atoms with Crippen LogP contribution in [0.2, 0.25) is 0 Å². The summed E-state index contributed by atoms with van der Waals surface area (Å²) in [6.45, 7) is 17.2. The lowest BCUT2D eigenvalue weighted by Crippen LogP contribution is -1.98. The minimum absolute atomic E-state index is 0.680. The first-order chi connectivity index (χ1) is 18.2. The van der Waals surface area contributed by atoms with Crippen LogP contribution in [-0.2, 0) is 38.5 Å². The molecule has 0 fully saturated rings. The maximum absolute atomic E-state index is 11.6. The number of carbonyl (C=O) groups is 2. The fourth-order valence-electron chi connectivity index (χ4n) is 6.44. The second-order valence-electron chi connectivity index (χ2n) is 10.4. The first-order valence-corrected chi connectivity index (χ1v) is 14.0. The van der Waals surface area contributed by atoms with Crippen molar-refractivity contribution in [3.63, 3.8) is 0 Å². The molecule has 4 heterocycles. The molecule has 0 saturated heterocycles. The van der Waals surface area contributed by atoms with Crippen LogP contribution in [0.3, 0.4) is 0 Å². The number of aromatic amines is 4. The molecule has 6 heteroatoms. The van der Waals surface area contributed by atoms with Gasteiger partial charge in [0, 0.05) is 35.6 Å². The minimum Gasteiger partial charge on any atom is -0.356 e. The van der Waals surface area contributed by atoms with Crippen molar-refractivity contribution in [3.05, 3.63) is 78.7 Å². The summed E-state index contributed by atoms with van der Waals surface area (Å²) in [5.41, 5.74) is 18.1. The van der Waals surface area contributed by atoms with Crippen molar-refractivity contribution in [2.75, 3.05) is 0 Å². The highest BCUT2D eigenvalue weighted by atomic mass is 16.1. The second kappa shape index (κ2) is 11.1. The van der Waals surface area contributed by atoms with Gasteiger partial charge in [0.1, 0.15) is 0 Å². The summed E-state index contributed by atoms with van der Waals surface area (Å²) >= 11 is 0. The second-order valence-corrected chi connectivity index (χ2v) is 10.4. The van der Waals surface area contributed by atoms with Crippen LogP contribution in [0.5, 0.6) is 0 Å². The van der Waals surface area contributed by atoms with E-state index in [1.54, 1.807) is 0 Å². The van der Waals surface area contributed by atoms with Gasteiger partial charge >= 0.3 is 0 Å². The Kier molecular flexibility index (Phi) is 8.00. The molecule has 0 bridgehead atoms. The van der Waals surface area contributed by atoms with Gasteiger partial charge in [-0.2, -0.15) is 0 Å². The summed E-state index contributed by atoms with van der Waals surface area (Å²) in [4.78, 5) is 37.5. The summed E-state index contributed by atoms with van der Waals surface area (Å²) in [5.74, 6) is 0. The monoisotopic (exact) mass is 514 g/mol. The van der Waals surface area contributed by atoms with Gasteiger partial charge in [0.15, 0.2) is 12.6 Å². The van der Waals surface area contributed by atoms with E-state index in [2.05, 4.69) is 61.5 Å². The largest absolute Gasteiger partial charge is 0.356 e. The van der Waals surface area contributed by atoms with Crippen LogP contribution in [0, 0.1) is 27.7 Å². The van der Waals surface area contributed by atoms with Crippen LogP contribution in [0.4, 0.5) is 0 Å². The molecule has 0 spiro atoms. The van der Waals surface area contributed by atoms with E-state index >= 15 is 0 Å². The van der Waals surface area contributed by atoms with Crippen LogP contribution in [0.15, 0.2) is 0 Å². The Morgan fingerprint density at radius 3 is 1.05 bits per heavy atom. The fraction of sp³-hybridized carbons (Fsp3) is 0.438. The van der Waals surface area contributed by atoms with Crippen molar-refractivity contribution in [3.8, 4) is 11.4 Å². The van der Waals surface area contributed by atoms with Gasteiger partial charge in [-0.1, -0.05) is 27.7 Å². The lowest BCUT2D eigenvalue weighted by atomic mass is 9.99. The van der Waals surface area contributed by atoms with E-state index < -0.39 is 0 Å². The zero-order chi connectivity index (χ0) is 27.7. The maximum Gasteiger partial charge on any atom is 0.166 e. The SMILES string of the molecule is CCc1c(Cc2[nH]c(-c3[nH]c(Cc4[nH]c(C=O)c(C)c4CC)c(CC)c3C)c(C)c2CC)[nH]c(C=O)c1C. The van der Waals surface area contributed by atoms with Crippen LogP contribution >= 0.6 is 0 Å². The molecule has 6 nitrogen and oxygen atoms in total. The molecule has 0 aliphatic rings. The highest BCUT2D eigenvalue weighted by Crippen LogP contribution is 2.35. The number of H-pyrrole nitrogens is 4. The van der Waals surface area contributed by atoms with Crippen molar-refractivity contribution >= 4 is 12.6 Å². The molecular formula is C32H42N4O2. The number of hydrogen-bond acceptors (Lipinski definition) is 2. The van der Waals surface area contributed by atoms with Crippen LogP contribution in [-0.4, -0.2) is 32.5 Å². The normalized spacial score (nSPS) is 11.5.